The molecule has 0 N–H and O–H groups in total. The molecule has 0 aromatic rings. The zero-order valence-electron chi connectivity index (χ0n) is 11.9. The summed E-state index contributed by atoms with van der Waals surface area (Å²) < 4.78 is 0. The summed E-state index contributed by atoms with van der Waals surface area (Å²) in [6.45, 7) is 12.7. The van der Waals surface area contributed by atoms with E-state index in [9.17, 15) is 0 Å². The Kier molecular flexibility index (Phi) is 5.63. The SMILES string of the molecule is CCC#CC(C)(C)N(C)C(C)(C)C#CCC. The van der Waals surface area contributed by atoms with E-state index in [2.05, 4.69) is 77.2 Å². The van der Waals surface area contributed by atoms with E-state index >= 15 is 0 Å². The highest BCUT2D eigenvalue weighted by molar-refractivity contribution is 5.21. The minimum Gasteiger partial charge on any atom is -0.275 e. The van der Waals surface area contributed by atoms with Gasteiger partial charge in [-0.25, -0.2) is 0 Å². The Bertz CT molecular complexity index is 294. The fourth-order valence-electron chi connectivity index (χ4n) is 1.48. The third-order valence-corrected chi connectivity index (χ3v) is 2.82. The van der Waals surface area contributed by atoms with Crippen molar-refractivity contribution < 1.29 is 0 Å². The lowest BCUT2D eigenvalue weighted by molar-refractivity contribution is 0.123. The van der Waals surface area contributed by atoms with E-state index in [-0.39, 0.29) is 11.1 Å². The van der Waals surface area contributed by atoms with Crippen LogP contribution in [0.5, 0.6) is 0 Å². The summed E-state index contributed by atoms with van der Waals surface area (Å²) in [5.74, 6) is 12.9. The molecule has 0 atom stereocenters. The largest absolute Gasteiger partial charge is 0.275 e. The number of nitrogens with zero attached hydrogens (tertiary/aromatic N) is 1. The molecule has 0 aliphatic rings. The molecule has 0 bridgehead atoms. The molecule has 0 aliphatic heterocycles. The first-order valence-electron chi connectivity index (χ1n) is 6.02. The standard InChI is InChI=1S/C15H25N/c1-8-10-12-14(3,4)16(7)15(5,6)13-11-9-2/h8-9H2,1-7H3. The van der Waals surface area contributed by atoms with Crippen molar-refractivity contribution in [3.63, 3.8) is 0 Å². The van der Waals surface area contributed by atoms with Crippen molar-refractivity contribution in [3.8, 4) is 23.7 Å². The Hall–Kier alpha value is -0.920. The van der Waals surface area contributed by atoms with E-state index in [0.29, 0.717) is 0 Å². The maximum Gasteiger partial charge on any atom is 0.0777 e. The van der Waals surface area contributed by atoms with Crippen molar-refractivity contribution in [2.24, 2.45) is 0 Å². The lowest BCUT2D eigenvalue weighted by atomic mass is 9.94. The summed E-state index contributed by atoms with van der Waals surface area (Å²) in [4.78, 5) is 2.24. The summed E-state index contributed by atoms with van der Waals surface area (Å²) in [5, 5.41) is 0. The molecule has 0 saturated heterocycles. The molecule has 0 spiro atoms. The molecule has 1 nitrogen and oxygen atoms in total. The molecule has 16 heavy (non-hydrogen) atoms. The fourth-order valence-corrected chi connectivity index (χ4v) is 1.48. The van der Waals surface area contributed by atoms with Gasteiger partial charge in [0.05, 0.1) is 11.1 Å². The van der Waals surface area contributed by atoms with Gasteiger partial charge in [-0.2, -0.15) is 0 Å². The van der Waals surface area contributed by atoms with Crippen molar-refractivity contribution >= 4 is 0 Å². The zero-order chi connectivity index (χ0) is 12.8. The van der Waals surface area contributed by atoms with Crippen LogP contribution in [0.2, 0.25) is 0 Å². The predicted molar refractivity (Wildman–Crippen MR) is 72.1 cm³/mol. The monoisotopic (exact) mass is 219 g/mol. The van der Waals surface area contributed by atoms with Gasteiger partial charge in [-0.05, 0) is 34.7 Å². The summed E-state index contributed by atoms with van der Waals surface area (Å²) in [6.07, 6.45) is 1.80. The van der Waals surface area contributed by atoms with Gasteiger partial charge in [0, 0.05) is 12.8 Å². The topological polar surface area (TPSA) is 3.24 Å². The van der Waals surface area contributed by atoms with Crippen molar-refractivity contribution in [3.05, 3.63) is 0 Å². The van der Waals surface area contributed by atoms with E-state index < -0.39 is 0 Å². The Morgan fingerprint density at radius 3 is 1.38 bits per heavy atom. The van der Waals surface area contributed by atoms with E-state index in [1.807, 2.05) is 0 Å². The minimum atomic E-state index is -0.137. The summed E-state index contributed by atoms with van der Waals surface area (Å²) >= 11 is 0. The molecule has 0 saturated carbocycles. The smallest absolute Gasteiger partial charge is 0.0777 e. The van der Waals surface area contributed by atoms with Crippen molar-refractivity contribution in [2.45, 2.75) is 65.5 Å². The lowest BCUT2D eigenvalue weighted by Crippen LogP contribution is -2.51. The van der Waals surface area contributed by atoms with E-state index in [1.165, 1.54) is 0 Å². The first-order valence-corrected chi connectivity index (χ1v) is 6.02. The molecule has 90 valence electrons. The van der Waals surface area contributed by atoms with E-state index in [4.69, 9.17) is 0 Å². The van der Waals surface area contributed by atoms with Crippen LogP contribution in [0, 0.1) is 23.7 Å². The Labute approximate surface area is 102 Å². The Morgan fingerprint density at radius 1 is 0.812 bits per heavy atom. The van der Waals surface area contributed by atoms with Crippen molar-refractivity contribution in [2.75, 3.05) is 7.05 Å². The number of hydrogen-bond acceptors (Lipinski definition) is 1. The van der Waals surface area contributed by atoms with Crippen LogP contribution in [-0.4, -0.2) is 23.0 Å². The predicted octanol–water partition coefficient (Wildman–Crippen LogP) is 3.30. The summed E-state index contributed by atoms with van der Waals surface area (Å²) in [7, 11) is 2.09. The van der Waals surface area contributed by atoms with Crippen LogP contribution in [0.1, 0.15) is 54.4 Å². The molecule has 0 aromatic carbocycles. The summed E-state index contributed by atoms with van der Waals surface area (Å²) in [6, 6.07) is 0. The molecule has 0 fully saturated rings. The van der Waals surface area contributed by atoms with Crippen molar-refractivity contribution in [1.82, 2.24) is 4.90 Å². The molecule has 0 aliphatic carbocycles. The van der Waals surface area contributed by atoms with Crippen LogP contribution >= 0.6 is 0 Å². The molecule has 1 heteroatoms. The van der Waals surface area contributed by atoms with Crippen LogP contribution in [0.3, 0.4) is 0 Å². The van der Waals surface area contributed by atoms with Gasteiger partial charge in [-0.1, -0.05) is 25.7 Å². The average molecular weight is 219 g/mol. The first kappa shape index (κ1) is 15.1. The van der Waals surface area contributed by atoms with Crippen LogP contribution in [-0.2, 0) is 0 Å². The van der Waals surface area contributed by atoms with Gasteiger partial charge in [0.15, 0.2) is 0 Å². The van der Waals surface area contributed by atoms with Gasteiger partial charge >= 0.3 is 0 Å². The molecular weight excluding hydrogens is 194 g/mol. The van der Waals surface area contributed by atoms with Crippen LogP contribution in [0.15, 0.2) is 0 Å². The second-order valence-corrected chi connectivity index (χ2v) is 4.99. The summed E-state index contributed by atoms with van der Waals surface area (Å²) in [5.41, 5.74) is -0.274. The molecule has 0 amide bonds. The van der Waals surface area contributed by atoms with Crippen LogP contribution in [0.25, 0.3) is 0 Å². The highest BCUT2D eigenvalue weighted by Gasteiger charge is 2.32. The van der Waals surface area contributed by atoms with Gasteiger partial charge in [-0.15, -0.1) is 11.8 Å². The molecule has 0 rings (SSSR count). The van der Waals surface area contributed by atoms with Gasteiger partial charge in [0.2, 0.25) is 0 Å². The lowest BCUT2D eigenvalue weighted by Gasteiger charge is -2.40. The Morgan fingerprint density at radius 2 is 1.12 bits per heavy atom. The molecule has 0 unspecified atom stereocenters. The minimum absolute atomic E-state index is 0.137. The van der Waals surface area contributed by atoms with Gasteiger partial charge in [0.25, 0.3) is 0 Å². The van der Waals surface area contributed by atoms with Crippen LogP contribution in [0.4, 0.5) is 0 Å². The van der Waals surface area contributed by atoms with Crippen molar-refractivity contribution in [1.29, 1.82) is 0 Å². The van der Waals surface area contributed by atoms with E-state index in [0.717, 1.165) is 12.8 Å². The van der Waals surface area contributed by atoms with E-state index in [1.54, 1.807) is 0 Å². The highest BCUT2D eigenvalue weighted by Crippen LogP contribution is 2.22. The maximum absolute atomic E-state index is 3.30. The molecule has 0 heterocycles. The fraction of sp³-hybridized carbons (Fsp3) is 0.733. The third kappa shape index (κ3) is 4.30. The average Bonchev–Trinajstić information content (AvgIpc) is 2.22. The maximum atomic E-state index is 3.30. The third-order valence-electron chi connectivity index (χ3n) is 2.82. The second kappa shape index (κ2) is 5.97. The molecule has 0 radical (unpaired) electrons. The van der Waals surface area contributed by atoms with Gasteiger partial charge in [-0.3, -0.25) is 4.90 Å². The van der Waals surface area contributed by atoms with Gasteiger partial charge < -0.3 is 0 Å². The Balaban J connectivity index is 4.96. The number of rotatable bonds is 2. The quantitative estimate of drug-likeness (QED) is 0.644. The van der Waals surface area contributed by atoms with Gasteiger partial charge in [0.1, 0.15) is 0 Å². The highest BCUT2D eigenvalue weighted by atomic mass is 15.2. The normalized spacial score (nSPS) is 11.5. The molecule has 0 aromatic heterocycles. The van der Waals surface area contributed by atoms with Crippen LogP contribution < -0.4 is 0 Å². The zero-order valence-corrected chi connectivity index (χ0v) is 11.9. The second-order valence-electron chi connectivity index (χ2n) is 4.99. The first-order chi connectivity index (χ1) is 7.28. The number of hydrogen-bond donors (Lipinski definition) is 0. The molecular formula is C15H25N.